The summed E-state index contributed by atoms with van der Waals surface area (Å²) in [5.41, 5.74) is 2.47. The molecule has 0 saturated heterocycles. The van der Waals surface area contributed by atoms with Gasteiger partial charge in [0.25, 0.3) is 0 Å². The molecule has 1 heterocycles. The van der Waals surface area contributed by atoms with Crippen molar-refractivity contribution in [2.45, 2.75) is 19.3 Å². The molecule has 22 heavy (non-hydrogen) atoms. The largest absolute Gasteiger partial charge is 0.481 e. The lowest BCUT2D eigenvalue weighted by molar-refractivity contribution is -0.137. The average molecular weight is 305 g/mol. The summed E-state index contributed by atoms with van der Waals surface area (Å²) < 4.78 is 13.2. The molecule has 5 nitrogen and oxygen atoms in total. The number of hydrogen-bond donors (Lipinski definition) is 2. The zero-order chi connectivity index (χ0) is 15.9. The number of aryl methyl sites for hydroxylation is 1. The Kier molecular flexibility index (Phi) is 5.66. The monoisotopic (exact) mass is 305 g/mol. The van der Waals surface area contributed by atoms with Gasteiger partial charge in [-0.15, -0.1) is 0 Å². The van der Waals surface area contributed by atoms with E-state index in [0.29, 0.717) is 6.54 Å². The second-order valence-corrected chi connectivity index (χ2v) is 5.34. The SMILES string of the molecule is CN(CCCc1cc(-c2cccc(F)c2)n[nH]1)CCC(=O)O. The number of aromatic amines is 1. The maximum atomic E-state index is 13.2. The van der Waals surface area contributed by atoms with Crippen LogP contribution >= 0.6 is 0 Å². The van der Waals surface area contributed by atoms with Crippen LogP contribution in [0.15, 0.2) is 30.3 Å². The number of halogens is 1. The minimum atomic E-state index is -0.778. The molecule has 0 aliphatic heterocycles. The Morgan fingerprint density at radius 2 is 2.18 bits per heavy atom. The van der Waals surface area contributed by atoms with Crippen molar-refractivity contribution in [2.75, 3.05) is 20.1 Å². The molecule has 1 aromatic carbocycles. The topological polar surface area (TPSA) is 69.2 Å². The number of aliphatic carboxylic acids is 1. The second kappa shape index (κ2) is 7.70. The zero-order valence-corrected chi connectivity index (χ0v) is 12.6. The number of carboxylic acids is 1. The van der Waals surface area contributed by atoms with Crippen LogP contribution < -0.4 is 0 Å². The summed E-state index contributed by atoms with van der Waals surface area (Å²) >= 11 is 0. The highest BCUT2D eigenvalue weighted by atomic mass is 19.1. The quantitative estimate of drug-likeness (QED) is 0.786. The lowest BCUT2D eigenvalue weighted by Crippen LogP contribution is -2.23. The molecule has 0 unspecified atom stereocenters. The predicted octanol–water partition coefficient (Wildman–Crippen LogP) is 2.55. The molecule has 0 radical (unpaired) electrons. The number of rotatable bonds is 8. The molecule has 2 N–H and O–H groups in total. The Morgan fingerprint density at radius 3 is 2.91 bits per heavy atom. The fraction of sp³-hybridized carbons (Fsp3) is 0.375. The number of hydrogen-bond acceptors (Lipinski definition) is 3. The molecule has 0 spiro atoms. The van der Waals surface area contributed by atoms with Gasteiger partial charge in [-0.1, -0.05) is 12.1 Å². The summed E-state index contributed by atoms with van der Waals surface area (Å²) in [5, 5.41) is 15.8. The number of nitrogens with one attached hydrogen (secondary N) is 1. The molecule has 0 aliphatic rings. The van der Waals surface area contributed by atoms with E-state index in [1.807, 2.05) is 24.1 Å². The van der Waals surface area contributed by atoms with Crippen LogP contribution in [0.25, 0.3) is 11.3 Å². The number of aromatic nitrogens is 2. The van der Waals surface area contributed by atoms with Gasteiger partial charge in [0.05, 0.1) is 12.1 Å². The van der Waals surface area contributed by atoms with Gasteiger partial charge >= 0.3 is 5.97 Å². The van der Waals surface area contributed by atoms with Crippen LogP contribution in [0.2, 0.25) is 0 Å². The van der Waals surface area contributed by atoms with Crippen molar-refractivity contribution in [2.24, 2.45) is 0 Å². The highest BCUT2D eigenvalue weighted by Crippen LogP contribution is 2.19. The van der Waals surface area contributed by atoms with E-state index in [4.69, 9.17) is 5.11 Å². The molecule has 1 aromatic heterocycles. The zero-order valence-electron chi connectivity index (χ0n) is 12.6. The maximum absolute atomic E-state index is 13.2. The number of carbonyl (C=O) groups is 1. The summed E-state index contributed by atoms with van der Waals surface area (Å²) in [4.78, 5) is 12.5. The fourth-order valence-corrected chi connectivity index (χ4v) is 2.22. The first kappa shape index (κ1) is 16.2. The average Bonchev–Trinajstić information content (AvgIpc) is 2.94. The van der Waals surface area contributed by atoms with Crippen LogP contribution in [-0.4, -0.2) is 46.3 Å². The van der Waals surface area contributed by atoms with Gasteiger partial charge in [0, 0.05) is 17.8 Å². The summed E-state index contributed by atoms with van der Waals surface area (Å²) in [7, 11) is 1.91. The minimum Gasteiger partial charge on any atom is -0.481 e. The van der Waals surface area contributed by atoms with Crippen molar-refractivity contribution in [1.29, 1.82) is 0 Å². The molecular formula is C16H20FN3O2. The maximum Gasteiger partial charge on any atom is 0.304 e. The molecule has 0 fully saturated rings. The number of carboxylic acid groups (broad SMARTS) is 1. The Balaban J connectivity index is 1.81. The van der Waals surface area contributed by atoms with E-state index in [1.165, 1.54) is 12.1 Å². The second-order valence-electron chi connectivity index (χ2n) is 5.34. The molecule has 2 rings (SSSR count). The molecular weight excluding hydrogens is 285 g/mol. The van der Waals surface area contributed by atoms with Gasteiger partial charge in [-0.2, -0.15) is 5.10 Å². The lowest BCUT2D eigenvalue weighted by Gasteiger charge is -2.14. The Morgan fingerprint density at radius 1 is 1.36 bits per heavy atom. The first-order valence-corrected chi connectivity index (χ1v) is 7.25. The summed E-state index contributed by atoms with van der Waals surface area (Å²) in [6.45, 7) is 1.37. The van der Waals surface area contributed by atoms with Gasteiger partial charge in [0.1, 0.15) is 5.82 Å². The van der Waals surface area contributed by atoms with E-state index in [1.54, 1.807) is 6.07 Å². The van der Waals surface area contributed by atoms with Gasteiger partial charge in [0.15, 0.2) is 0 Å². The van der Waals surface area contributed by atoms with Crippen molar-refractivity contribution in [3.05, 3.63) is 41.8 Å². The van der Waals surface area contributed by atoms with Crippen molar-refractivity contribution in [3.8, 4) is 11.3 Å². The lowest BCUT2D eigenvalue weighted by atomic mass is 10.1. The van der Waals surface area contributed by atoms with Crippen LogP contribution in [-0.2, 0) is 11.2 Å². The van der Waals surface area contributed by atoms with Crippen molar-refractivity contribution in [3.63, 3.8) is 0 Å². The highest BCUT2D eigenvalue weighted by molar-refractivity contribution is 5.66. The van der Waals surface area contributed by atoms with Crippen molar-refractivity contribution < 1.29 is 14.3 Å². The Hall–Kier alpha value is -2.21. The first-order valence-electron chi connectivity index (χ1n) is 7.25. The van der Waals surface area contributed by atoms with E-state index in [9.17, 15) is 9.18 Å². The van der Waals surface area contributed by atoms with Crippen LogP contribution in [0.5, 0.6) is 0 Å². The van der Waals surface area contributed by atoms with Crippen molar-refractivity contribution >= 4 is 5.97 Å². The van der Waals surface area contributed by atoms with Crippen LogP contribution in [0, 0.1) is 5.82 Å². The van der Waals surface area contributed by atoms with Gasteiger partial charge in [0.2, 0.25) is 0 Å². The molecule has 118 valence electrons. The van der Waals surface area contributed by atoms with Gasteiger partial charge in [-0.3, -0.25) is 9.89 Å². The van der Waals surface area contributed by atoms with Crippen LogP contribution in [0.3, 0.4) is 0 Å². The first-order chi connectivity index (χ1) is 10.5. The molecule has 0 aliphatic carbocycles. The van der Waals surface area contributed by atoms with Crippen LogP contribution in [0.4, 0.5) is 4.39 Å². The molecule has 2 aromatic rings. The molecule has 0 bridgehead atoms. The molecule has 0 atom stereocenters. The molecule has 0 amide bonds. The van der Waals surface area contributed by atoms with Crippen LogP contribution in [0.1, 0.15) is 18.5 Å². The standard InChI is InChI=1S/C16H20FN3O2/c1-20(9-7-16(21)22)8-3-6-14-11-15(19-18-14)12-4-2-5-13(17)10-12/h2,4-5,10-11H,3,6-9H2,1H3,(H,18,19)(H,21,22). The van der Waals surface area contributed by atoms with E-state index in [0.717, 1.165) is 36.3 Å². The predicted molar refractivity (Wildman–Crippen MR) is 82.1 cm³/mol. The highest BCUT2D eigenvalue weighted by Gasteiger charge is 2.06. The molecule has 6 heteroatoms. The smallest absolute Gasteiger partial charge is 0.304 e. The van der Waals surface area contributed by atoms with Crippen molar-refractivity contribution in [1.82, 2.24) is 15.1 Å². The summed E-state index contributed by atoms with van der Waals surface area (Å²) in [5.74, 6) is -1.05. The number of H-pyrrole nitrogens is 1. The Bertz CT molecular complexity index is 627. The van der Waals surface area contributed by atoms with Gasteiger partial charge in [-0.25, -0.2) is 4.39 Å². The summed E-state index contributed by atoms with van der Waals surface area (Å²) in [6.07, 6.45) is 1.88. The number of nitrogens with zero attached hydrogens (tertiary/aromatic N) is 2. The third-order valence-electron chi connectivity index (χ3n) is 3.44. The normalized spacial score (nSPS) is 11.0. The van der Waals surface area contributed by atoms with E-state index >= 15 is 0 Å². The number of benzene rings is 1. The molecule has 0 saturated carbocycles. The van der Waals surface area contributed by atoms with E-state index in [2.05, 4.69) is 10.2 Å². The van der Waals surface area contributed by atoms with Gasteiger partial charge in [-0.05, 0) is 44.6 Å². The minimum absolute atomic E-state index is 0.157. The third-order valence-corrected chi connectivity index (χ3v) is 3.44. The fourth-order valence-electron chi connectivity index (χ4n) is 2.22. The van der Waals surface area contributed by atoms with Gasteiger partial charge < -0.3 is 10.0 Å². The third kappa shape index (κ3) is 4.96. The Labute approximate surface area is 128 Å². The summed E-state index contributed by atoms with van der Waals surface area (Å²) in [6, 6.07) is 8.27. The van der Waals surface area contributed by atoms with E-state index < -0.39 is 5.97 Å². The van der Waals surface area contributed by atoms with E-state index in [-0.39, 0.29) is 12.2 Å².